The Hall–Kier alpha value is -1.15. The van der Waals surface area contributed by atoms with Gasteiger partial charge in [-0.25, -0.2) is 0 Å². The van der Waals surface area contributed by atoms with E-state index < -0.39 is 0 Å². The van der Waals surface area contributed by atoms with Crippen molar-refractivity contribution in [1.29, 1.82) is 0 Å². The summed E-state index contributed by atoms with van der Waals surface area (Å²) in [5, 5.41) is 0. The minimum Gasteiger partial charge on any atom is -0.373 e. The van der Waals surface area contributed by atoms with Crippen LogP contribution in [0.2, 0.25) is 0 Å². The Labute approximate surface area is 168 Å². The predicted octanol–water partition coefficient (Wildman–Crippen LogP) is 7.64. The monoisotopic (exact) mass is 374 g/mol. The number of hydrogen-bond donors (Lipinski definition) is 0. The summed E-state index contributed by atoms with van der Waals surface area (Å²) in [6, 6.07) is 10.2. The molecule has 1 rings (SSSR count). The second kappa shape index (κ2) is 18.2. The van der Waals surface area contributed by atoms with Gasteiger partial charge in [-0.2, -0.15) is 0 Å². The first-order chi connectivity index (χ1) is 13.4. The second-order valence-electron chi connectivity index (χ2n) is 7.85. The molecule has 1 atom stereocenters. The molecule has 0 unspecified atom stereocenters. The van der Waals surface area contributed by atoms with Gasteiger partial charge in [0.15, 0.2) is 0 Å². The molecule has 0 heterocycles. The minimum absolute atomic E-state index is 0.0791. The summed E-state index contributed by atoms with van der Waals surface area (Å²) >= 11 is 0. The average molecular weight is 375 g/mol. The van der Waals surface area contributed by atoms with Crippen molar-refractivity contribution in [2.24, 2.45) is 0 Å². The number of unbranched alkanes of at least 4 members (excludes halogenated alkanes) is 12. The van der Waals surface area contributed by atoms with Crippen LogP contribution in [-0.2, 0) is 16.1 Å². The SMILES string of the molecule is CCCCCCCCCCCCCCC[C@H](CC=O)OCc1ccccc1. The molecular formula is C25H42O2. The average Bonchev–Trinajstić information content (AvgIpc) is 2.70. The van der Waals surface area contributed by atoms with E-state index in [2.05, 4.69) is 19.1 Å². The fourth-order valence-corrected chi connectivity index (χ4v) is 3.55. The van der Waals surface area contributed by atoms with Crippen LogP contribution >= 0.6 is 0 Å². The Kier molecular flexibility index (Phi) is 16.1. The van der Waals surface area contributed by atoms with E-state index in [0.29, 0.717) is 13.0 Å². The van der Waals surface area contributed by atoms with Crippen LogP contribution in [0.1, 0.15) is 109 Å². The van der Waals surface area contributed by atoms with Gasteiger partial charge in [-0.15, -0.1) is 0 Å². The van der Waals surface area contributed by atoms with Crippen molar-refractivity contribution in [2.75, 3.05) is 0 Å². The molecular weight excluding hydrogens is 332 g/mol. The molecule has 0 saturated heterocycles. The highest BCUT2D eigenvalue weighted by Gasteiger charge is 2.08. The molecule has 0 aromatic heterocycles. The summed E-state index contributed by atoms with van der Waals surface area (Å²) in [5.41, 5.74) is 1.18. The molecule has 0 radical (unpaired) electrons. The van der Waals surface area contributed by atoms with Crippen molar-refractivity contribution in [2.45, 2.75) is 116 Å². The summed E-state index contributed by atoms with van der Waals surface area (Å²) < 4.78 is 5.94. The third kappa shape index (κ3) is 14.6. The van der Waals surface area contributed by atoms with Gasteiger partial charge in [-0.3, -0.25) is 0 Å². The van der Waals surface area contributed by atoms with E-state index in [9.17, 15) is 4.79 Å². The van der Waals surface area contributed by atoms with Crippen LogP contribution < -0.4 is 0 Å². The summed E-state index contributed by atoms with van der Waals surface area (Å²) in [6.45, 7) is 2.89. The van der Waals surface area contributed by atoms with E-state index in [4.69, 9.17) is 4.74 Å². The van der Waals surface area contributed by atoms with Crippen LogP contribution in [0.15, 0.2) is 30.3 Å². The highest BCUT2D eigenvalue weighted by Crippen LogP contribution is 2.15. The highest BCUT2D eigenvalue weighted by atomic mass is 16.5. The van der Waals surface area contributed by atoms with Crippen LogP contribution in [0.25, 0.3) is 0 Å². The van der Waals surface area contributed by atoms with Gasteiger partial charge < -0.3 is 9.53 Å². The van der Waals surface area contributed by atoms with Crippen LogP contribution in [0.4, 0.5) is 0 Å². The van der Waals surface area contributed by atoms with Crippen molar-refractivity contribution in [3.8, 4) is 0 Å². The molecule has 0 amide bonds. The first-order valence-electron chi connectivity index (χ1n) is 11.5. The van der Waals surface area contributed by atoms with Crippen molar-refractivity contribution in [3.05, 3.63) is 35.9 Å². The molecule has 0 aliphatic heterocycles. The van der Waals surface area contributed by atoms with Gasteiger partial charge in [0.2, 0.25) is 0 Å². The molecule has 154 valence electrons. The number of hydrogen-bond acceptors (Lipinski definition) is 2. The lowest BCUT2D eigenvalue weighted by molar-refractivity contribution is -0.110. The smallest absolute Gasteiger partial charge is 0.122 e. The standard InChI is InChI=1S/C25H42O2/c1-2-3-4-5-6-7-8-9-10-11-12-13-17-20-25(21-22-26)27-23-24-18-15-14-16-19-24/h14-16,18-19,22,25H,2-13,17,20-21,23H2,1H3/t25-/m1/s1. The highest BCUT2D eigenvalue weighted by molar-refractivity contribution is 5.50. The zero-order chi connectivity index (χ0) is 19.4. The third-order valence-corrected chi connectivity index (χ3v) is 5.32. The summed E-state index contributed by atoms with van der Waals surface area (Å²) in [5.74, 6) is 0. The zero-order valence-corrected chi connectivity index (χ0v) is 17.7. The molecule has 2 heteroatoms. The quantitative estimate of drug-likeness (QED) is 0.184. The summed E-state index contributed by atoms with van der Waals surface area (Å²) in [6.07, 6.45) is 20.4. The Morgan fingerprint density at radius 2 is 1.30 bits per heavy atom. The first kappa shape index (κ1) is 23.9. The molecule has 0 N–H and O–H groups in total. The maximum Gasteiger partial charge on any atom is 0.122 e. The fraction of sp³-hybridized carbons (Fsp3) is 0.720. The van der Waals surface area contributed by atoms with Crippen molar-refractivity contribution >= 4 is 6.29 Å². The maximum absolute atomic E-state index is 10.9. The molecule has 0 fully saturated rings. The van der Waals surface area contributed by atoms with E-state index in [0.717, 1.165) is 12.7 Å². The van der Waals surface area contributed by atoms with Gasteiger partial charge in [-0.05, 0) is 12.0 Å². The van der Waals surface area contributed by atoms with Crippen LogP contribution in [-0.4, -0.2) is 12.4 Å². The Bertz CT molecular complexity index is 429. The summed E-state index contributed by atoms with van der Waals surface area (Å²) in [7, 11) is 0. The molecule has 0 aliphatic carbocycles. The van der Waals surface area contributed by atoms with E-state index in [-0.39, 0.29) is 6.10 Å². The van der Waals surface area contributed by atoms with Crippen LogP contribution in [0.5, 0.6) is 0 Å². The van der Waals surface area contributed by atoms with Gasteiger partial charge in [0.25, 0.3) is 0 Å². The van der Waals surface area contributed by atoms with Gasteiger partial charge in [0.1, 0.15) is 6.29 Å². The molecule has 0 spiro atoms. The largest absolute Gasteiger partial charge is 0.373 e. The third-order valence-electron chi connectivity index (χ3n) is 5.32. The lowest BCUT2D eigenvalue weighted by Gasteiger charge is -2.15. The van der Waals surface area contributed by atoms with E-state index in [1.54, 1.807) is 0 Å². The fourth-order valence-electron chi connectivity index (χ4n) is 3.55. The molecule has 1 aromatic carbocycles. The Morgan fingerprint density at radius 1 is 0.778 bits per heavy atom. The van der Waals surface area contributed by atoms with Crippen molar-refractivity contribution in [3.63, 3.8) is 0 Å². The number of carbonyl (C=O) groups excluding carboxylic acids is 1. The van der Waals surface area contributed by atoms with Gasteiger partial charge in [-0.1, -0.05) is 121 Å². The van der Waals surface area contributed by atoms with E-state index in [1.807, 2.05) is 18.2 Å². The lowest BCUT2D eigenvalue weighted by atomic mass is 10.0. The first-order valence-corrected chi connectivity index (χ1v) is 11.5. The van der Waals surface area contributed by atoms with Gasteiger partial charge in [0.05, 0.1) is 12.7 Å². The van der Waals surface area contributed by atoms with Gasteiger partial charge in [0, 0.05) is 6.42 Å². The van der Waals surface area contributed by atoms with E-state index >= 15 is 0 Å². The number of ether oxygens (including phenoxy) is 1. The number of rotatable bonds is 19. The molecule has 0 bridgehead atoms. The Morgan fingerprint density at radius 3 is 1.81 bits per heavy atom. The van der Waals surface area contributed by atoms with E-state index in [1.165, 1.54) is 89.0 Å². The Balaban J connectivity index is 1.93. The number of aldehydes is 1. The predicted molar refractivity (Wildman–Crippen MR) is 116 cm³/mol. The van der Waals surface area contributed by atoms with Crippen molar-refractivity contribution in [1.82, 2.24) is 0 Å². The molecule has 0 saturated carbocycles. The van der Waals surface area contributed by atoms with Crippen LogP contribution in [0, 0.1) is 0 Å². The van der Waals surface area contributed by atoms with Gasteiger partial charge >= 0.3 is 0 Å². The number of carbonyl (C=O) groups is 1. The molecule has 0 aliphatic rings. The minimum atomic E-state index is 0.0791. The topological polar surface area (TPSA) is 26.3 Å². The molecule has 27 heavy (non-hydrogen) atoms. The zero-order valence-electron chi connectivity index (χ0n) is 17.7. The van der Waals surface area contributed by atoms with Crippen LogP contribution in [0.3, 0.4) is 0 Å². The second-order valence-corrected chi connectivity index (χ2v) is 7.85. The number of benzene rings is 1. The van der Waals surface area contributed by atoms with Crippen molar-refractivity contribution < 1.29 is 9.53 Å². The normalized spacial score (nSPS) is 12.2. The molecule has 1 aromatic rings. The molecule has 2 nitrogen and oxygen atoms in total. The maximum atomic E-state index is 10.9. The summed E-state index contributed by atoms with van der Waals surface area (Å²) in [4.78, 5) is 10.9. The lowest BCUT2D eigenvalue weighted by Crippen LogP contribution is -2.13.